The second-order valence-corrected chi connectivity index (χ2v) is 7.70. The number of amides is 2. The fraction of sp³-hybridized carbons (Fsp3) is 0.571. The molecule has 1 saturated heterocycles. The van der Waals surface area contributed by atoms with Crippen molar-refractivity contribution in [1.29, 1.82) is 0 Å². The second kappa shape index (κ2) is 9.02. The van der Waals surface area contributed by atoms with Crippen molar-refractivity contribution in [2.24, 2.45) is 17.8 Å². The first-order chi connectivity index (χ1) is 13.0. The lowest BCUT2D eigenvalue weighted by Gasteiger charge is -2.35. The molecule has 0 bridgehead atoms. The van der Waals surface area contributed by atoms with Gasteiger partial charge in [0.25, 0.3) is 0 Å². The van der Waals surface area contributed by atoms with Gasteiger partial charge in [0, 0.05) is 31.5 Å². The van der Waals surface area contributed by atoms with Gasteiger partial charge in [-0.15, -0.1) is 0 Å². The molecule has 0 aromatic heterocycles. The van der Waals surface area contributed by atoms with E-state index in [0.29, 0.717) is 45.3 Å². The van der Waals surface area contributed by atoms with Crippen LogP contribution in [0, 0.1) is 17.8 Å². The third kappa shape index (κ3) is 5.08. The third-order valence-corrected chi connectivity index (χ3v) is 5.86. The molecule has 1 aromatic carbocycles. The van der Waals surface area contributed by atoms with Gasteiger partial charge >= 0.3 is 5.97 Å². The molecular weight excluding hydrogens is 344 g/mol. The van der Waals surface area contributed by atoms with Crippen molar-refractivity contribution in [1.82, 2.24) is 10.2 Å². The molecule has 2 unspecified atom stereocenters. The predicted molar refractivity (Wildman–Crippen MR) is 101 cm³/mol. The van der Waals surface area contributed by atoms with Crippen LogP contribution >= 0.6 is 0 Å². The number of aliphatic carboxylic acids is 1. The molecule has 0 radical (unpaired) electrons. The van der Waals surface area contributed by atoms with E-state index >= 15 is 0 Å². The van der Waals surface area contributed by atoms with Crippen molar-refractivity contribution in [2.45, 2.75) is 45.1 Å². The fourth-order valence-electron chi connectivity index (χ4n) is 4.19. The van der Waals surface area contributed by atoms with E-state index in [4.69, 9.17) is 0 Å². The first-order valence-corrected chi connectivity index (χ1v) is 9.88. The van der Waals surface area contributed by atoms with Gasteiger partial charge in [0.15, 0.2) is 0 Å². The van der Waals surface area contributed by atoms with Gasteiger partial charge in [0.2, 0.25) is 11.8 Å². The monoisotopic (exact) mass is 372 g/mol. The van der Waals surface area contributed by atoms with Gasteiger partial charge in [-0.1, -0.05) is 36.8 Å². The molecule has 2 aliphatic rings. The smallest absolute Gasteiger partial charge is 0.306 e. The highest BCUT2D eigenvalue weighted by molar-refractivity contribution is 5.82. The average molecular weight is 372 g/mol. The quantitative estimate of drug-likeness (QED) is 0.831. The highest BCUT2D eigenvalue weighted by Crippen LogP contribution is 2.31. The summed E-state index contributed by atoms with van der Waals surface area (Å²) in [5.41, 5.74) is 1.07. The molecule has 146 valence electrons. The maximum atomic E-state index is 12.7. The van der Waals surface area contributed by atoms with Crippen LogP contribution < -0.4 is 5.32 Å². The van der Waals surface area contributed by atoms with Gasteiger partial charge in [-0.2, -0.15) is 0 Å². The predicted octanol–water partition coefficient (Wildman–Crippen LogP) is 2.43. The minimum atomic E-state index is -0.790. The summed E-state index contributed by atoms with van der Waals surface area (Å²) in [5.74, 6) is -1.30. The number of carboxylic acid groups (broad SMARTS) is 1. The lowest BCUT2D eigenvalue weighted by Crippen LogP contribution is -2.46. The molecule has 0 spiro atoms. The van der Waals surface area contributed by atoms with Crippen LogP contribution in [0.5, 0.6) is 0 Å². The number of benzene rings is 1. The van der Waals surface area contributed by atoms with Crippen molar-refractivity contribution in [3.63, 3.8) is 0 Å². The van der Waals surface area contributed by atoms with Gasteiger partial charge in [-0.3, -0.25) is 14.4 Å². The molecule has 6 nitrogen and oxygen atoms in total. The molecule has 6 heteroatoms. The zero-order chi connectivity index (χ0) is 19.2. The Balaban J connectivity index is 1.44. The van der Waals surface area contributed by atoms with Gasteiger partial charge in [-0.05, 0) is 37.7 Å². The molecule has 27 heavy (non-hydrogen) atoms. The molecule has 2 atom stereocenters. The van der Waals surface area contributed by atoms with Crippen LogP contribution in [0.4, 0.5) is 0 Å². The summed E-state index contributed by atoms with van der Waals surface area (Å²) in [5, 5.41) is 12.2. The summed E-state index contributed by atoms with van der Waals surface area (Å²) < 4.78 is 0. The molecule has 1 saturated carbocycles. The van der Waals surface area contributed by atoms with Crippen molar-refractivity contribution >= 4 is 17.8 Å². The van der Waals surface area contributed by atoms with Crippen molar-refractivity contribution < 1.29 is 19.5 Å². The van der Waals surface area contributed by atoms with Crippen LogP contribution in [-0.2, 0) is 20.9 Å². The second-order valence-electron chi connectivity index (χ2n) is 7.70. The average Bonchev–Trinajstić information content (AvgIpc) is 2.72. The largest absolute Gasteiger partial charge is 0.481 e. The minimum absolute atomic E-state index is 0.0505. The molecule has 1 aliphatic heterocycles. The van der Waals surface area contributed by atoms with Gasteiger partial charge in [0.1, 0.15) is 0 Å². The minimum Gasteiger partial charge on any atom is -0.481 e. The van der Waals surface area contributed by atoms with Crippen molar-refractivity contribution in [3.05, 3.63) is 35.9 Å². The van der Waals surface area contributed by atoms with E-state index in [1.54, 1.807) is 0 Å². The molecule has 1 aromatic rings. The highest BCUT2D eigenvalue weighted by atomic mass is 16.4. The number of carbonyl (C=O) groups is 3. The summed E-state index contributed by atoms with van der Waals surface area (Å²) in [7, 11) is 0. The Hall–Kier alpha value is -2.37. The maximum Gasteiger partial charge on any atom is 0.306 e. The molecule has 1 aliphatic carbocycles. The topological polar surface area (TPSA) is 86.7 Å². The lowest BCUT2D eigenvalue weighted by atomic mass is 9.80. The van der Waals surface area contributed by atoms with Crippen LogP contribution in [0.2, 0.25) is 0 Å². The van der Waals surface area contributed by atoms with E-state index in [1.807, 2.05) is 35.2 Å². The van der Waals surface area contributed by atoms with Crippen molar-refractivity contribution in [2.75, 3.05) is 13.1 Å². The highest BCUT2D eigenvalue weighted by Gasteiger charge is 2.35. The number of piperidine rings is 1. The zero-order valence-corrected chi connectivity index (χ0v) is 15.6. The standard InChI is InChI=1S/C21H28N2O4/c24-19(22-14-15-5-2-1-3-6-15)16-9-11-23(12-10-16)20(25)17-7-4-8-18(13-17)21(26)27/h1-3,5-6,16-18H,4,7-14H2,(H,22,24)(H,26,27). The first-order valence-electron chi connectivity index (χ1n) is 9.88. The maximum absolute atomic E-state index is 12.7. The Bertz CT molecular complexity index is 668. The number of rotatable bonds is 5. The van der Waals surface area contributed by atoms with Crippen LogP contribution in [0.15, 0.2) is 30.3 Å². The Morgan fingerprint density at radius 2 is 1.63 bits per heavy atom. The van der Waals surface area contributed by atoms with E-state index in [9.17, 15) is 19.5 Å². The van der Waals surface area contributed by atoms with E-state index in [-0.39, 0.29) is 23.7 Å². The Morgan fingerprint density at radius 3 is 2.30 bits per heavy atom. The number of carboxylic acids is 1. The lowest BCUT2D eigenvalue weighted by molar-refractivity contribution is -0.146. The number of carbonyl (C=O) groups excluding carboxylic acids is 2. The summed E-state index contributed by atoms with van der Waals surface area (Å²) in [4.78, 5) is 38.2. The number of nitrogens with zero attached hydrogens (tertiary/aromatic N) is 1. The van der Waals surface area contributed by atoms with Crippen LogP contribution in [0.25, 0.3) is 0 Å². The van der Waals surface area contributed by atoms with Gasteiger partial charge in [0.05, 0.1) is 5.92 Å². The molecular formula is C21H28N2O4. The molecule has 2 N–H and O–H groups in total. The van der Waals surface area contributed by atoms with E-state index < -0.39 is 11.9 Å². The Morgan fingerprint density at radius 1 is 0.963 bits per heavy atom. The molecule has 2 amide bonds. The first kappa shape index (κ1) is 19.4. The zero-order valence-electron chi connectivity index (χ0n) is 15.6. The summed E-state index contributed by atoms with van der Waals surface area (Å²) in [6.07, 6.45) is 4.03. The fourth-order valence-corrected chi connectivity index (χ4v) is 4.19. The Labute approximate surface area is 159 Å². The summed E-state index contributed by atoms with van der Waals surface area (Å²) in [6, 6.07) is 9.81. The van der Waals surface area contributed by atoms with E-state index in [2.05, 4.69) is 5.32 Å². The van der Waals surface area contributed by atoms with E-state index in [0.717, 1.165) is 18.4 Å². The normalized spacial score (nSPS) is 23.6. The van der Waals surface area contributed by atoms with Crippen LogP contribution in [-0.4, -0.2) is 40.9 Å². The SMILES string of the molecule is O=C(O)C1CCCC(C(=O)N2CCC(C(=O)NCc3ccccc3)CC2)C1. The van der Waals surface area contributed by atoms with Gasteiger partial charge < -0.3 is 15.3 Å². The van der Waals surface area contributed by atoms with Crippen LogP contribution in [0.1, 0.15) is 44.1 Å². The molecule has 2 fully saturated rings. The molecule has 1 heterocycles. The van der Waals surface area contributed by atoms with Crippen molar-refractivity contribution in [3.8, 4) is 0 Å². The number of hydrogen-bond acceptors (Lipinski definition) is 3. The van der Waals surface area contributed by atoms with Gasteiger partial charge in [-0.25, -0.2) is 0 Å². The third-order valence-electron chi connectivity index (χ3n) is 5.86. The number of hydrogen-bond donors (Lipinski definition) is 2. The summed E-state index contributed by atoms with van der Waals surface area (Å²) in [6.45, 7) is 1.68. The number of likely N-dealkylation sites (tertiary alicyclic amines) is 1. The summed E-state index contributed by atoms with van der Waals surface area (Å²) >= 11 is 0. The van der Waals surface area contributed by atoms with E-state index in [1.165, 1.54) is 0 Å². The molecule has 3 rings (SSSR count). The van der Waals surface area contributed by atoms with Crippen LogP contribution in [0.3, 0.4) is 0 Å². The Kier molecular flexibility index (Phi) is 6.48. The number of nitrogens with one attached hydrogen (secondary N) is 1.